The van der Waals surface area contributed by atoms with Crippen molar-refractivity contribution in [2.24, 2.45) is 5.73 Å². The summed E-state index contributed by atoms with van der Waals surface area (Å²) in [6.45, 7) is 2.11. The normalized spacial score (nSPS) is 14.2. The summed E-state index contributed by atoms with van der Waals surface area (Å²) in [5.41, 5.74) is 7.52. The molecular weight excluding hydrogens is 374 g/mol. The van der Waals surface area contributed by atoms with Gasteiger partial charge in [0, 0.05) is 10.5 Å². The molecule has 0 radical (unpaired) electrons. The second kappa shape index (κ2) is 7.79. The number of hydrogen-bond acceptors (Lipinski definition) is 6. The van der Waals surface area contributed by atoms with E-state index in [1.807, 2.05) is 18.4 Å². The molecule has 0 saturated carbocycles. The van der Waals surface area contributed by atoms with E-state index in [0.29, 0.717) is 0 Å². The molecule has 0 aliphatic carbocycles. The quantitative estimate of drug-likeness (QED) is 0.731. The third kappa shape index (κ3) is 4.21. The summed E-state index contributed by atoms with van der Waals surface area (Å²) in [4.78, 5) is 0. The SMILES string of the molecule is CCC(N)C(Sc1nnc(SC)s1)c1cccc(Br)c1. The molecule has 0 aliphatic rings. The molecule has 0 saturated heterocycles. The largest absolute Gasteiger partial charge is 0.326 e. The van der Waals surface area contributed by atoms with Crippen LogP contribution in [0.1, 0.15) is 24.2 Å². The van der Waals surface area contributed by atoms with Gasteiger partial charge >= 0.3 is 0 Å². The smallest absolute Gasteiger partial charge is 0.175 e. The lowest BCUT2D eigenvalue weighted by atomic mass is 10.0. The number of halogens is 1. The Labute approximate surface area is 140 Å². The van der Waals surface area contributed by atoms with Crippen LogP contribution in [0.2, 0.25) is 0 Å². The molecule has 0 spiro atoms. The zero-order valence-corrected chi connectivity index (χ0v) is 15.3. The Morgan fingerprint density at radius 1 is 1.35 bits per heavy atom. The van der Waals surface area contributed by atoms with Crippen molar-refractivity contribution in [1.29, 1.82) is 0 Å². The Morgan fingerprint density at radius 2 is 2.10 bits per heavy atom. The van der Waals surface area contributed by atoms with Crippen LogP contribution in [0.3, 0.4) is 0 Å². The number of thioether (sulfide) groups is 2. The van der Waals surface area contributed by atoms with Gasteiger partial charge in [-0.3, -0.25) is 0 Å². The van der Waals surface area contributed by atoms with Crippen molar-refractivity contribution in [3.63, 3.8) is 0 Å². The number of nitrogens with two attached hydrogens (primary N) is 1. The summed E-state index contributed by atoms with van der Waals surface area (Å²) in [6, 6.07) is 8.41. The van der Waals surface area contributed by atoms with Gasteiger partial charge < -0.3 is 5.73 Å². The van der Waals surface area contributed by atoms with Crippen molar-refractivity contribution in [3.8, 4) is 0 Å². The van der Waals surface area contributed by atoms with Gasteiger partial charge in [0.15, 0.2) is 8.68 Å². The second-order valence-electron chi connectivity index (χ2n) is 4.20. The average molecular weight is 390 g/mol. The second-order valence-corrected chi connectivity index (χ2v) is 8.54. The van der Waals surface area contributed by atoms with Crippen LogP contribution in [-0.2, 0) is 0 Å². The molecule has 0 bridgehead atoms. The predicted molar refractivity (Wildman–Crippen MR) is 92.7 cm³/mol. The molecule has 2 N–H and O–H groups in total. The van der Waals surface area contributed by atoms with Crippen LogP contribution in [0.5, 0.6) is 0 Å². The van der Waals surface area contributed by atoms with Crippen LogP contribution >= 0.6 is 50.8 Å². The van der Waals surface area contributed by atoms with Gasteiger partial charge in [0.25, 0.3) is 0 Å². The van der Waals surface area contributed by atoms with E-state index in [9.17, 15) is 0 Å². The Balaban J connectivity index is 2.23. The Hall–Kier alpha value is -0.0800. The highest BCUT2D eigenvalue weighted by Crippen LogP contribution is 2.40. The Morgan fingerprint density at radius 3 is 2.70 bits per heavy atom. The Bertz CT molecular complexity index is 561. The van der Waals surface area contributed by atoms with Crippen molar-refractivity contribution >= 4 is 50.8 Å². The van der Waals surface area contributed by atoms with Gasteiger partial charge in [0.05, 0.1) is 5.25 Å². The van der Waals surface area contributed by atoms with E-state index in [0.717, 1.165) is 19.6 Å². The molecule has 1 aromatic carbocycles. The first-order chi connectivity index (χ1) is 9.63. The van der Waals surface area contributed by atoms with Gasteiger partial charge in [-0.1, -0.05) is 69.8 Å². The molecule has 2 aromatic rings. The number of nitrogens with zero attached hydrogens (tertiary/aromatic N) is 2. The minimum absolute atomic E-state index is 0.0935. The van der Waals surface area contributed by atoms with Crippen molar-refractivity contribution in [2.75, 3.05) is 6.26 Å². The van der Waals surface area contributed by atoms with Crippen LogP contribution in [0.4, 0.5) is 0 Å². The molecule has 1 aromatic heterocycles. The minimum Gasteiger partial charge on any atom is -0.326 e. The molecule has 2 rings (SSSR count). The van der Waals surface area contributed by atoms with E-state index >= 15 is 0 Å². The lowest BCUT2D eigenvalue weighted by Gasteiger charge is -2.21. The van der Waals surface area contributed by atoms with Crippen LogP contribution in [0.25, 0.3) is 0 Å². The lowest BCUT2D eigenvalue weighted by Crippen LogP contribution is -2.25. The highest BCUT2D eigenvalue weighted by molar-refractivity contribution is 9.10. The maximum absolute atomic E-state index is 6.30. The van der Waals surface area contributed by atoms with Gasteiger partial charge in [-0.25, -0.2) is 0 Å². The minimum atomic E-state index is 0.0935. The summed E-state index contributed by atoms with van der Waals surface area (Å²) in [7, 11) is 0. The van der Waals surface area contributed by atoms with E-state index in [1.165, 1.54) is 5.56 Å². The standard InChI is InChI=1S/C13H16BrN3S3/c1-3-10(15)11(8-5-4-6-9(14)7-8)19-13-17-16-12(18-2)20-13/h4-7,10-11H,3,15H2,1-2H3. The third-order valence-corrected chi connectivity index (χ3v) is 6.71. The van der Waals surface area contributed by atoms with Crippen LogP contribution in [-0.4, -0.2) is 22.5 Å². The topological polar surface area (TPSA) is 51.8 Å². The average Bonchev–Trinajstić information content (AvgIpc) is 2.91. The fraction of sp³-hybridized carbons (Fsp3) is 0.385. The van der Waals surface area contributed by atoms with Crippen molar-refractivity contribution < 1.29 is 0 Å². The third-order valence-electron chi connectivity index (χ3n) is 2.83. The summed E-state index contributed by atoms with van der Waals surface area (Å²) in [5, 5.41) is 8.57. The summed E-state index contributed by atoms with van der Waals surface area (Å²) < 4.78 is 3.04. The number of benzene rings is 1. The molecule has 0 fully saturated rings. The lowest BCUT2D eigenvalue weighted by molar-refractivity contribution is 0.633. The van der Waals surface area contributed by atoms with Crippen molar-refractivity contribution in [3.05, 3.63) is 34.3 Å². The molecule has 0 aliphatic heterocycles. The van der Waals surface area contributed by atoms with Crippen molar-refractivity contribution in [2.45, 2.75) is 33.3 Å². The highest BCUT2D eigenvalue weighted by Gasteiger charge is 2.22. The predicted octanol–water partition coefficient (Wildman–Crippen LogP) is 4.59. The van der Waals surface area contributed by atoms with E-state index in [-0.39, 0.29) is 11.3 Å². The molecule has 0 amide bonds. The molecule has 2 atom stereocenters. The van der Waals surface area contributed by atoms with Crippen LogP contribution in [0.15, 0.2) is 37.4 Å². The monoisotopic (exact) mass is 389 g/mol. The van der Waals surface area contributed by atoms with E-state index < -0.39 is 0 Å². The molecule has 3 nitrogen and oxygen atoms in total. The van der Waals surface area contributed by atoms with E-state index in [1.54, 1.807) is 34.9 Å². The van der Waals surface area contributed by atoms with Gasteiger partial charge in [0.1, 0.15) is 0 Å². The fourth-order valence-electron chi connectivity index (χ4n) is 1.74. The van der Waals surface area contributed by atoms with Gasteiger partial charge in [0.2, 0.25) is 0 Å². The molecule has 20 heavy (non-hydrogen) atoms. The molecule has 7 heteroatoms. The van der Waals surface area contributed by atoms with E-state index in [2.05, 4.69) is 45.2 Å². The summed E-state index contributed by atoms with van der Waals surface area (Å²) in [5.74, 6) is 0. The maximum atomic E-state index is 6.30. The summed E-state index contributed by atoms with van der Waals surface area (Å²) in [6.07, 6.45) is 2.94. The van der Waals surface area contributed by atoms with Crippen molar-refractivity contribution in [1.82, 2.24) is 10.2 Å². The number of aromatic nitrogens is 2. The van der Waals surface area contributed by atoms with Crippen LogP contribution < -0.4 is 5.73 Å². The first-order valence-electron chi connectivity index (χ1n) is 6.19. The Kier molecular flexibility index (Phi) is 6.35. The maximum Gasteiger partial charge on any atom is 0.175 e. The molecule has 1 heterocycles. The summed E-state index contributed by atoms with van der Waals surface area (Å²) >= 11 is 8.47. The van der Waals surface area contributed by atoms with Gasteiger partial charge in [-0.15, -0.1) is 10.2 Å². The first-order valence-corrected chi connectivity index (χ1v) is 9.90. The van der Waals surface area contributed by atoms with Gasteiger partial charge in [-0.05, 0) is 30.4 Å². The van der Waals surface area contributed by atoms with Crippen LogP contribution in [0, 0.1) is 0 Å². The van der Waals surface area contributed by atoms with Gasteiger partial charge in [-0.2, -0.15) is 0 Å². The highest BCUT2D eigenvalue weighted by atomic mass is 79.9. The molecule has 108 valence electrons. The number of hydrogen-bond donors (Lipinski definition) is 1. The fourth-order valence-corrected chi connectivity index (χ4v) is 5.01. The van der Waals surface area contributed by atoms with E-state index in [4.69, 9.17) is 5.73 Å². The zero-order valence-electron chi connectivity index (χ0n) is 11.2. The molecule has 2 unspecified atom stereocenters. The molecular formula is C13H16BrN3S3. The zero-order chi connectivity index (χ0) is 14.5. The first kappa shape index (κ1) is 16.3. The number of rotatable bonds is 6.